The summed E-state index contributed by atoms with van der Waals surface area (Å²) in [6.45, 7) is 9.61. The number of guanidine groups is 1. The van der Waals surface area contributed by atoms with Crippen molar-refractivity contribution in [2.24, 2.45) is 10.4 Å². The average Bonchev–Trinajstić information content (AvgIpc) is 2.60. The highest BCUT2D eigenvalue weighted by Crippen LogP contribution is 2.19. The topological polar surface area (TPSA) is 57.1 Å². The number of ether oxygens (including phenoxy) is 1. The van der Waals surface area contributed by atoms with Crippen molar-refractivity contribution in [3.05, 3.63) is 30.3 Å². The minimum atomic E-state index is -0.185. The van der Waals surface area contributed by atoms with Gasteiger partial charge in [-0.25, -0.2) is 0 Å². The number of aliphatic hydroxyl groups is 1. The molecule has 1 heterocycles. The molecule has 134 valence electrons. The Balaban J connectivity index is 1.89. The first-order chi connectivity index (χ1) is 11.5. The van der Waals surface area contributed by atoms with Crippen molar-refractivity contribution in [1.29, 1.82) is 0 Å². The summed E-state index contributed by atoms with van der Waals surface area (Å²) in [7, 11) is 0. The Morgan fingerprint density at radius 2 is 1.96 bits per heavy atom. The highest BCUT2D eigenvalue weighted by atomic mass is 16.5. The molecule has 0 unspecified atom stereocenters. The molecule has 1 saturated heterocycles. The molecule has 1 aliphatic rings. The summed E-state index contributed by atoms with van der Waals surface area (Å²) < 4.78 is 6.05. The van der Waals surface area contributed by atoms with Crippen LogP contribution in [0.15, 0.2) is 35.3 Å². The minimum absolute atomic E-state index is 0.142. The third kappa shape index (κ3) is 5.71. The second-order valence-electron chi connectivity index (χ2n) is 7.11. The Morgan fingerprint density at radius 1 is 1.29 bits per heavy atom. The summed E-state index contributed by atoms with van der Waals surface area (Å²) in [6.07, 6.45) is 2.24. The van der Waals surface area contributed by atoms with E-state index in [0.29, 0.717) is 6.54 Å². The lowest BCUT2D eigenvalue weighted by Gasteiger charge is -2.34. The van der Waals surface area contributed by atoms with Crippen molar-refractivity contribution in [3.63, 3.8) is 0 Å². The quantitative estimate of drug-likeness (QED) is 0.620. The van der Waals surface area contributed by atoms with Gasteiger partial charge in [0.05, 0.1) is 6.54 Å². The van der Waals surface area contributed by atoms with Crippen molar-refractivity contribution < 1.29 is 9.84 Å². The fourth-order valence-electron chi connectivity index (χ4n) is 2.64. The largest absolute Gasteiger partial charge is 0.490 e. The Labute approximate surface area is 145 Å². The maximum absolute atomic E-state index is 9.40. The molecule has 1 aromatic rings. The van der Waals surface area contributed by atoms with Crippen LogP contribution >= 0.6 is 0 Å². The van der Waals surface area contributed by atoms with Crippen LogP contribution < -0.4 is 10.1 Å². The molecule has 2 rings (SSSR count). The smallest absolute Gasteiger partial charge is 0.193 e. The highest BCUT2D eigenvalue weighted by Gasteiger charge is 2.23. The molecule has 0 radical (unpaired) electrons. The number of benzene rings is 1. The predicted octanol–water partition coefficient (Wildman–Crippen LogP) is 2.51. The van der Waals surface area contributed by atoms with Crippen LogP contribution in [-0.2, 0) is 0 Å². The van der Waals surface area contributed by atoms with E-state index in [4.69, 9.17) is 9.73 Å². The first-order valence-electron chi connectivity index (χ1n) is 8.90. The molecular formula is C19H31N3O2. The van der Waals surface area contributed by atoms with Crippen molar-refractivity contribution in [3.8, 4) is 5.75 Å². The molecule has 0 aliphatic carbocycles. The second-order valence-corrected chi connectivity index (χ2v) is 7.11. The van der Waals surface area contributed by atoms with E-state index in [1.807, 2.05) is 44.2 Å². The van der Waals surface area contributed by atoms with E-state index in [0.717, 1.165) is 44.2 Å². The molecule has 0 spiro atoms. The zero-order valence-electron chi connectivity index (χ0n) is 15.2. The van der Waals surface area contributed by atoms with Crippen LogP contribution in [0.25, 0.3) is 0 Å². The molecule has 2 N–H and O–H groups in total. The molecular weight excluding hydrogens is 302 g/mol. The molecule has 1 aromatic carbocycles. The van der Waals surface area contributed by atoms with Crippen LogP contribution in [0.1, 0.15) is 33.6 Å². The number of para-hydroxylation sites is 1. The van der Waals surface area contributed by atoms with Gasteiger partial charge in [-0.3, -0.25) is 4.99 Å². The molecule has 5 heteroatoms. The number of nitrogens with zero attached hydrogens (tertiary/aromatic N) is 2. The van der Waals surface area contributed by atoms with Crippen molar-refractivity contribution >= 4 is 5.96 Å². The van der Waals surface area contributed by atoms with E-state index in [-0.39, 0.29) is 18.1 Å². The number of nitrogens with one attached hydrogen (secondary N) is 1. The lowest BCUT2D eigenvalue weighted by Crippen LogP contribution is -2.47. The molecule has 1 aliphatic heterocycles. The Morgan fingerprint density at radius 3 is 2.54 bits per heavy atom. The van der Waals surface area contributed by atoms with E-state index >= 15 is 0 Å². The van der Waals surface area contributed by atoms with Crippen molar-refractivity contribution in [1.82, 2.24) is 10.2 Å². The van der Waals surface area contributed by atoms with E-state index in [2.05, 4.69) is 17.1 Å². The van der Waals surface area contributed by atoms with Gasteiger partial charge in [0.15, 0.2) is 5.96 Å². The molecule has 24 heavy (non-hydrogen) atoms. The number of likely N-dealkylation sites (tertiary alicyclic amines) is 1. The average molecular weight is 333 g/mol. The zero-order valence-corrected chi connectivity index (χ0v) is 15.2. The molecule has 0 atom stereocenters. The van der Waals surface area contributed by atoms with Gasteiger partial charge in [-0.1, -0.05) is 32.0 Å². The lowest BCUT2D eigenvalue weighted by atomic mass is 9.95. The summed E-state index contributed by atoms with van der Waals surface area (Å²) in [5.74, 6) is 1.89. The number of hydrogen-bond acceptors (Lipinski definition) is 3. The number of aliphatic hydroxyl groups excluding tert-OH is 1. The fraction of sp³-hybridized carbons (Fsp3) is 0.632. The lowest BCUT2D eigenvalue weighted by molar-refractivity contribution is 0.129. The van der Waals surface area contributed by atoms with Gasteiger partial charge in [-0.2, -0.15) is 0 Å². The van der Waals surface area contributed by atoms with Crippen LogP contribution in [0.2, 0.25) is 0 Å². The zero-order chi connectivity index (χ0) is 17.4. The van der Waals surface area contributed by atoms with Crippen LogP contribution in [0.5, 0.6) is 5.75 Å². The van der Waals surface area contributed by atoms with Crippen LogP contribution in [0, 0.1) is 5.41 Å². The minimum Gasteiger partial charge on any atom is -0.490 e. The Hall–Kier alpha value is -1.75. The third-order valence-corrected chi connectivity index (χ3v) is 4.21. The van der Waals surface area contributed by atoms with E-state index in [1.54, 1.807) is 0 Å². The van der Waals surface area contributed by atoms with Gasteiger partial charge in [-0.05, 0) is 19.1 Å². The monoisotopic (exact) mass is 333 g/mol. The first-order valence-corrected chi connectivity index (χ1v) is 8.90. The molecule has 5 nitrogen and oxygen atoms in total. The maximum Gasteiger partial charge on any atom is 0.193 e. The summed E-state index contributed by atoms with van der Waals surface area (Å²) in [5.41, 5.74) is -0.185. The number of aliphatic imine (C=N–C) groups is 1. The highest BCUT2D eigenvalue weighted by molar-refractivity contribution is 5.80. The number of rotatable bonds is 6. The Bertz CT molecular complexity index is 509. The van der Waals surface area contributed by atoms with Crippen LogP contribution in [0.3, 0.4) is 0 Å². The fourth-order valence-corrected chi connectivity index (χ4v) is 2.64. The molecule has 0 bridgehead atoms. The van der Waals surface area contributed by atoms with Gasteiger partial charge in [0, 0.05) is 44.5 Å². The van der Waals surface area contributed by atoms with Crippen LogP contribution in [-0.4, -0.2) is 54.9 Å². The van der Waals surface area contributed by atoms with Gasteiger partial charge in [0.2, 0.25) is 0 Å². The third-order valence-electron chi connectivity index (χ3n) is 4.21. The van der Waals surface area contributed by atoms with Gasteiger partial charge >= 0.3 is 0 Å². The molecule has 0 saturated carbocycles. The standard InChI is InChI=1S/C19H31N3O2/c1-4-20-18(21-14-19(2,3)15-23)22-12-10-17(11-13-22)24-16-8-6-5-7-9-16/h5-9,17,23H,4,10-15H2,1-3H3,(H,20,21). The SMILES string of the molecule is CCNC(=NCC(C)(C)CO)N1CCC(Oc2ccccc2)CC1. The second kappa shape index (κ2) is 8.92. The summed E-state index contributed by atoms with van der Waals surface area (Å²) in [6, 6.07) is 10.0. The summed E-state index contributed by atoms with van der Waals surface area (Å²) in [4.78, 5) is 7.01. The number of piperidine rings is 1. The van der Waals surface area contributed by atoms with Crippen molar-refractivity contribution in [2.45, 2.75) is 39.7 Å². The first kappa shape index (κ1) is 18.6. The molecule has 0 amide bonds. The predicted molar refractivity (Wildman–Crippen MR) is 98.5 cm³/mol. The summed E-state index contributed by atoms with van der Waals surface area (Å²) >= 11 is 0. The van der Waals surface area contributed by atoms with E-state index in [9.17, 15) is 5.11 Å². The van der Waals surface area contributed by atoms with Gasteiger partial charge < -0.3 is 20.1 Å². The van der Waals surface area contributed by atoms with E-state index in [1.165, 1.54) is 0 Å². The van der Waals surface area contributed by atoms with Gasteiger partial charge in [0.1, 0.15) is 11.9 Å². The van der Waals surface area contributed by atoms with Crippen molar-refractivity contribution in [2.75, 3.05) is 32.8 Å². The van der Waals surface area contributed by atoms with E-state index < -0.39 is 0 Å². The maximum atomic E-state index is 9.40. The molecule has 0 aromatic heterocycles. The van der Waals surface area contributed by atoms with Crippen LogP contribution in [0.4, 0.5) is 0 Å². The van der Waals surface area contributed by atoms with Gasteiger partial charge in [-0.15, -0.1) is 0 Å². The van der Waals surface area contributed by atoms with Gasteiger partial charge in [0.25, 0.3) is 0 Å². The number of hydrogen-bond donors (Lipinski definition) is 2. The molecule has 1 fully saturated rings. The Kier molecular flexibility index (Phi) is 6.91. The normalized spacial score (nSPS) is 17.0. The summed E-state index contributed by atoms with van der Waals surface area (Å²) in [5, 5.41) is 12.8.